The van der Waals surface area contributed by atoms with E-state index in [1.807, 2.05) is 0 Å². The first kappa shape index (κ1) is 7.54. The van der Waals surface area contributed by atoms with Crippen molar-refractivity contribution in [3.63, 3.8) is 0 Å². The molecule has 1 aliphatic rings. The summed E-state index contributed by atoms with van der Waals surface area (Å²) in [5, 5.41) is 2.48. The highest BCUT2D eigenvalue weighted by molar-refractivity contribution is 7.56. The number of hydrogen-bond acceptors (Lipinski definition) is 2. The Hall–Kier alpha value is -0.570. The largest absolute Gasteiger partial charge is 0.371 e. The van der Waals surface area contributed by atoms with Crippen LogP contribution in [0.25, 0.3) is 0 Å². The van der Waals surface area contributed by atoms with Gasteiger partial charge in [-0.2, -0.15) is 0 Å². The Morgan fingerprint density at radius 3 is 2.60 bits per heavy atom. The van der Waals surface area contributed by atoms with Crippen molar-refractivity contribution in [2.45, 2.75) is 6.42 Å². The van der Waals surface area contributed by atoms with Crippen molar-refractivity contribution in [2.24, 2.45) is 0 Å². The monoisotopic (exact) mass is 161 g/mol. The molecule has 3 N–H and O–H groups in total. The van der Waals surface area contributed by atoms with E-state index in [0.717, 1.165) is 0 Å². The highest BCUT2D eigenvalue weighted by atomic mass is 31.2. The van der Waals surface area contributed by atoms with Gasteiger partial charge in [-0.25, -0.2) is 0 Å². The summed E-state index contributed by atoms with van der Waals surface area (Å²) in [4.78, 5) is 17.2. The van der Waals surface area contributed by atoms with Crippen LogP contribution in [0.3, 0.4) is 0 Å². The number of rotatable bonds is 1. The second-order valence-corrected chi connectivity index (χ2v) is 3.49. The van der Waals surface area contributed by atoms with Crippen LogP contribution in [-0.2, 0) is 4.57 Å². The van der Waals surface area contributed by atoms with Crippen LogP contribution < -0.4 is 5.32 Å². The van der Waals surface area contributed by atoms with Crippen molar-refractivity contribution in [1.29, 1.82) is 0 Å². The van der Waals surface area contributed by atoms with E-state index in [1.165, 1.54) is 12.3 Å². The van der Waals surface area contributed by atoms with Gasteiger partial charge in [0, 0.05) is 0 Å². The Bertz CT molecular complexity index is 227. The molecule has 1 heterocycles. The summed E-state index contributed by atoms with van der Waals surface area (Å²) in [6.07, 6.45) is 5.35. The lowest BCUT2D eigenvalue weighted by Gasteiger charge is -2.10. The zero-order valence-electron chi connectivity index (χ0n) is 5.19. The van der Waals surface area contributed by atoms with E-state index in [1.54, 1.807) is 6.08 Å². The fourth-order valence-electron chi connectivity index (χ4n) is 0.654. The van der Waals surface area contributed by atoms with Crippen LogP contribution >= 0.6 is 7.60 Å². The number of allylic oxidation sites excluding steroid dienone is 2. The highest BCUT2D eigenvalue weighted by Crippen LogP contribution is 2.43. The number of nitrogens with one attached hydrogen (secondary N) is 1. The van der Waals surface area contributed by atoms with Gasteiger partial charge in [0.05, 0.1) is 0 Å². The molecule has 1 rings (SSSR count). The van der Waals surface area contributed by atoms with Crippen molar-refractivity contribution in [3.05, 3.63) is 23.8 Å². The van der Waals surface area contributed by atoms with Gasteiger partial charge in [0.2, 0.25) is 0 Å². The quantitative estimate of drug-likeness (QED) is 0.490. The molecule has 10 heavy (non-hydrogen) atoms. The van der Waals surface area contributed by atoms with Crippen molar-refractivity contribution in [1.82, 2.24) is 5.32 Å². The minimum absolute atomic E-state index is 0.00463. The summed E-state index contributed by atoms with van der Waals surface area (Å²) in [6.45, 7) is 0. The average Bonchev–Trinajstić information content (AvgIpc) is 1.88. The minimum atomic E-state index is -4.04. The van der Waals surface area contributed by atoms with E-state index in [4.69, 9.17) is 9.79 Å². The van der Waals surface area contributed by atoms with Gasteiger partial charge in [-0.3, -0.25) is 4.57 Å². The standard InChI is InChI=1S/C5H8NO3P/c7-10(8,9)5-3-1-2-4-6-5/h2-4,6H,1H2,(H2,7,8,9). The van der Waals surface area contributed by atoms with Crippen LogP contribution in [0.1, 0.15) is 6.42 Å². The fourth-order valence-corrected chi connectivity index (χ4v) is 1.24. The third kappa shape index (κ3) is 1.70. The Labute approximate surface area is 58.4 Å². The third-order valence-electron chi connectivity index (χ3n) is 1.11. The first-order chi connectivity index (χ1) is 4.61. The summed E-state index contributed by atoms with van der Waals surface area (Å²) in [5.74, 6) is 0. The van der Waals surface area contributed by atoms with Crippen molar-refractivity contribution in [2.75, 3.05) is 0 Å². The maximum atomic E-state index is 10.5. The van der Waals surface area contributed by atoms with Crippen LogP contribution in [0, 0.1) is 0 Å². The third-order valence-corrected chi connectivity index (χ3v) is 2.05. The zero-order chi connectivity index (χ0) is 7.61. The van der Waals surface area contributed by atoms with Crippen LogP contribution in [0.4, 0.5) is 0 Å². The molecule has 0 amide bonds. The maximum Gasteiger partial charge on any atom is 0.371 e. The lowest BCUT2D eigenvalue weighted by Crippen LogP contribution is -2.07. The molecule has 0 aromatic carbocycles. The van der Waals surface area contributed by atoms with Gasteiger partial charge in [0.15, 0.2) is 0 Å². The molecule has 0 aromatic rings. The van der Waals surface area contributed by atoms with Crippen LogP contribution in [0.2, 0.25) is 0 Å². The fraction of sp³-hybridized carbons (Fsp3) is 0.200. The second-order valence-electron chi connectivity index (χ2n) is 1.92. The first-order valence-electron chi connectivity index (χ1n) is 2.78. The maximum absolute atomic E-state index is 10.5. The minimum Gasteiger partial charge on any atom is -0.356 e. The molecule has 0 aromatic heterocycles. The molecule has 0 bridgehead atoms. The Morgan fingerprint density at radius 1 is 1.60 bits per heavy atom. The molecule has 0 unspecified atom stereocenters. The van der Waals surface area contributed by atoms with Gasteiger partial charge in [-0.05, 0) is 18.7 Å². The Balaban J connectivity index is 2.75. The topological polar surface area (TPSA) is 69.6 Å². The summed E-state index contributed by atoms with van der Waals surface area (Å²) >= 11 is 0. The molecule has 1 aliphatic heterocycles. The zero-order valence-corrected chi connectivity index (χ0v) is 6.08. The molecule has 0 saturated heterocycles. The molecule has 4 nitrogen and oxygen atoms in total. The molecule has 5 heteroatoms. The molecule has 0 saturated carbocycles. The summed E-state index contributed by atoms with van der Waals surface area (Å²) < 4.78 is 10.5. The van der Waals surface area contributed by atoms with Crippen molar-refractivity contribution >= 4 is 7.60 Å². The van der Waals surface area contributed by atoms with E-state index in [-0.39, 0.29) is 5.44 Å². The van der Waals surface area contributed by atoms with E-state index in [9.17, 15) is 4.57 Å². The predicted molar refractivity (Wildman–Crippen MR) is 37.0 cm³/mol. The van der Waals surface area contributed by atoms with Crippen LogP contribution in [0.5, 0.6) is 0 Å². The van der Waals surface area contributed by atoms with Gasteiger partial charge in [-0.15, -0.1) is 0 Å². The molecular formula is C5H8NO3P. The summed E-state index contributed by atoms with van der Waals surface area (Å²) in [7, 11) is -4.04. The Kier molecular flexibility index (Phi) is 1.94. The Morgan fingerprint density at radius 2 is 2.30 bits per heavy atom. The van der Waals surface area contributed by atoms with Crippen LogP contribution in [-0.4, -0.2) is 9.79 Å². The van der Waals surface area contributed by atoms with Gasteiger partial charge in [0.25, 0.3) is 0 Å². The number of dihydropyridines is 1. The van der Waals surface area contributed by atoms with E-state index < -0.39 is 7.60 Å². The average molecular weight is 161 g/mol. The SMILES string of the molecule is O=P(O)(O)C1=CCC=CN1. The highest BCUT2D eigenvalue weighted by Gasteiger charge is 2.19. The molecule has 0 fully saturated rings. The molecule has 0 atom stereocenters. The van der Waals surface area contributed by atoms with Crippen molar-refractivity contribution < 1.29 is 14.4 Å². The van der Waals surface area contributed by atoms with Crippen molar-refractivity contribution in [3.8, 4) is 0 Å². The summed E-state index contributed by atoms with van der Waals surface area (Å²) in [6, 6.07) is 0. The lowest BCUT2D eigenvalue weighted by atomic mass is 10.3. The molecule has 0 radical (unpaired) electrons. The molecule has 56 valence electrons. The van der Waals surface area contributed by atoms with E-state index in [2.05, 4.69) is 5.32 Å². The second kappa shape index (κ2) is 2.58. The number of hydrogen-bond donors (Lipinski definition) is 3. The van der Waals surface area contributed by atoms with E-state index >= 15 is 0 Å². The van der Waals surface area contributed by atoms with E-state index in [0.29, 0.717) is 6.42 Å². The van der Waals surface area contributed by atoms with Gasteiger partial charge >= 0.3 is 7.60 Å². The first-order valence-corrected chi connectivity index (χ1v) is 4.40. The summed E-state index contributed by atoms with van der Waals surface area (Å²) in [5.41, 5.74) is -0.00463. The van der Waals surface area contributed by atoms with Gasteiger partial charge in [0.1, 0.15) is 5.44 Å². The lowest BCUT2D eigenvalue weighted by molar-refractivity contribution is 0.379. The van der Waals surface area contributed by atoms with Gasteiger partial charge < -0.3 is 15.1 Å². The molecule has 0 spiro atoms. The molecular weight excluding hydrogens is 153 g/mol. The normalized spacial score (nSPS) is 18.0. The van der Waals surface area contributed by atoms with Gasteiger partial charge in [-0.1, -0.05) is 6.08 Å². The predicted octanol–water partition coefficient (Wildman–Crippen LogP) is 0.512. The van der Waals surface area contributed by atoms with Crippen LogP contribution in [0.15, 0.2) is 23.8 Å². The molecule has 0 aliphatic carbocycles. The smallest absolute Gasteiger partial charge is 0.356 e.